The molecule has 0 unspecified atom stereocenters. The second-order valence-corrected chi connectivity index (χ2v) is 4.34. The number of ether oxygens (including phenoxy) is 1. The van der Waals surface area contributed by atoms with E-state index in [0.29, 0.717) is 19.6 Å². The van der Waals surface area contributed by atoms with Crippen LogP contribution < -0.4 is 5.32 Å². The van der Waals surface area contributed by atoms with Crippen molar-refractivity contribution in [3.05, 3.63) is 0 Å². The Balaban J connectivity index is 1.71. The molecule has 90 valence electrons. The summed E-state index contributed by atoms with van der Waals surface area (Å²) in [6, 6.07) is 0. The molecule has 0 aromatic heterocycles. The molecule has 0 aromatic carbocycles. The molecule has 1 N–H and O–H groups in total. The number of hydrogen-bond donors (Lipinski definition) is 1. The highest BCUT2D eigenvalue weighted by molar-refractivity contribution is 6.35. The Hall–Kier alpha value is -1.10. The van der Waals surface area contributed by atoms with Crippen LogP contribution in [-0.4, -0.2) is 49.1 Å². The van der Waals surface area contributed by atoms with Gasteiger partial charge in [-0.1, -0.05) is 0 Å². The standard InChI is InChI=1S/C11H18N2O3/c14-10(11(15)13-5-1-2-6-13)12-8-9-4-3-7-16-9/h9H,1-8H2,(H,12,14)/t9-/m0/s1. The summed E-state index contributed by atoms with van der Waals surface area (Å²) in [7, 11) is 0. The zero-order valence-electron chi connectivity index (χ0n) is 9.41. The number of carbonyl (C=O) groups is 2. The molecule has 2 fully saturated rings. The van der Waals surface area contributed by atoms with Gasteiger partial charge in [-0.2, -0.15) is 0 Å². The Kier molecular flexibility index (Phi) is 3.77. The second-order valence-electron chi connectivity index (χ2n) is 4.34. The minimum atomic E-state index is -0.489. The van der Waals surface area contributed by atoms with E-state index in [1.54, 1.807) is 4.90 Å². The molecule has 0 radical (unpaired) electrons. The SMILES string of the molecule is O=C(NC[C@@H]1CCCO1)C(=O)N1CCCC1. The molecule has 0 aliphatic carbocycles. The van der Waals surface area contributed by atoms with Gasteiger partial charge in [0.25, 0.3) is 0 Å². The predicted octanol–water partition coefficient (Wildman–Crippen LogP) is -0.0960. The number of amides is 2. The molecule has 0 aromatic rings. The van der Waals surface area contributed by atoms with Crippen molar-refractivity contribution in [3.63, 3.8) is 0 Å². The summed E-state index contributed by atoms with van der Waals surface area (Å²) in [6.07, 6.45) is 4.12. The van der Waals surface area contributed by atoms with Gasteiger partial charge in [0.15, 0.2) is 0 Å². The number of rotatable bonds is 2. The molecule has 2 amide bonds. The highest BCUT2D eigenvalue weighted by Gasteiger charge is 2.25. The quantitative estimate of drug-likeness (QED) is 0.669. The van der Waals surface area contributed by atoms with Crippen molar-refractivity contribution in [2.45, 2.75) is 31.8 Å². The lowest BCUT2D eigenvalue weighted by molar-refractivity contribution is -0.145. The van der Waals surface area contributed by atoms with E-state index in [9.17, 15) is 9.59 Å². The smallest absolute Gasteiger partial charge is 0.311 e. The molecule has 0 bridgehead atoms. The van der Waals surface area contributed by atoms with Gasteiger partial charge in [-0.15, -0.1) is 0 Å². The minimum absolute atomic E-state index is 0.0929. The van der Waals surface area contributed by atoms with Gasteiger partial charge in [-0.25, -0.2) is 0 Å². The van der Waals surface area contributed by atoms with E-state index in [4.69, 9.17) is 4.74 Å². The van der Waals surface area contributed by atoms with Crippen LogP contribution in [-0.2, 0) is 14.3 Å². The summed E-state index contributed by atoms with van der Waals surface area (Å²) < 4.78 is 5.37. The van der Waals surface area contributed by atoms with Gasteiger partial charge in [0.2, 0.25) is 0 Å². The number of likely N-dealkylation sites (tertiary alicyclic amines) is 1. The van der Waals surface area contributed by atoms with Gasteiger partial charge in [0, 0.05) is 26.2 Å². The Bertz CT molecular complexity index is 268. The van der Waals surface area contributed by atoms with Gasteiger partial charge in [-0.3, -0.25) is 9.59 Å². The van der Waals surface area contributed by atoms with Crippen LogP contribution in [0.5, 0.6) is 0 Å². The molecule has 0 saturated carbocycles. The van der Waals surface area contributed by atoms with E-state index in [0.717, 1.165) is 32.3 Å². The van der Waals surface area contributed by atoms with Crippen LogP contribution in [0.2, 0.25) is 0 Å². The maximum atomic E-state index is 11.6. The molecule has 2 aliphatic heterocycles. The van der Waals surface area contributed by atoms with Crippen molar-refractivity contribution >= 4 is 11.8 Å². The second kappa shape index (κ2) is 5.30. The fourth-order valence-electron chi connectivity index (χ4n) is 2.15. The molecule has 0 spiro atoms. The molecule has 1 atom stereocenters. The van der Waals surface area contributed by atoms with Gasteiger partial charge in [0.1, 0.15) is 0 Å². The number of carbonyl (C=O) groups excluding carboxylic acids is 2. The third-order valence-electron chi connectivity index (χ3n) is 3.10. The normalized spacial score (nSPS) is 24.8. The van der Waals surface area contributed by atoms with E-state index >= 15 is 0 Å². The average Bonchev–Trinajstić information content (AvgIpc) is 2.96. The Labute approximate surface area is 95.1 Å². The number of nitrogens with zero attached hydrogens (tertiary/aromatic N) is 1. The molecule has 5 heteroatoms. The molecule has 16 heavy (non-hydrogen) atoms. The lowest BCUT2D eigenvalue weighted by atomic mass is 10.2. The average molecular weight is 226 g/mol. The zero-order chi connectivity index (χ0) is 11.4. The highest BCUT2D eigenvalue weighted by atomic mass is 16.5. The van der Waals surface area contributed by atoms with Gasteiger partial charge < -0.3 is 15.0 Å². The van der Waals surface area contributed by atoms with Gasteiger partial charge >= 0.3 is 11.8 Å². The molecule has 5 nitrogen and oxygen atoms in total. The summed E-state index contributed by atoms with van der Waals surface area (Å²) in [4.78, 5) is 24.8. The fourth-order valence-corrected chi connectivity index (χ4v) is 2.15. The molecular formula is C11H18N2O3. The highest BCUT2D eigenvalue weighted by Crippen LogP contribution is 2.11. The number of hydrogen-bond acceptors (Lipinski definition) is 3. The van der Waals surface area contributed by atoms with Crippen LogP contribution in [0.4, 0.5) is 0 Å². The summed E-state index contributed by atoms with van der Waals surface area (Å²) >= 11 is 0. The van der Waals surface area contributed by atoms with Crippen molar-refractivity contribution in [2.24, 2.45) is 0 Å². The van der Waals surface area contributed by atoms with Crippen molar-refractivity contribution < 1.29 is 14.3 Å². The zero-order valence-corrected chi connectivity index (χ0v) is 9.41. The Morgan fingerprint density at radius 1 is 1.25 bits per heavy atom. The third-order valence-corrected chi connectivity index (χ3v) is 3.10. The lowest BCUT2D eigenvalue weighted by Crippen LogP contribution is -2.43. The first-order valence-corrected chi connectivity index (χ1v) is 5.96. The van der Waals surface area contributed by atoms with Crippen molar-refractivity contribution in [1.82, 2.24) is 10.2 Å². The minimum Gasteiger partial charge on any atom is -0.376 e. The van der Waals surface area contributed by atoms with Crippen LogP contribution in [0.15, 0.2) is 0 Å². The van der Waals surface area contributed by atoms with Gasteiger partial charge in [0.05, 0.1) is 6.10 Å². The maximum Gasteiger partial charge on any atom is 0.311 e. The summed E-state index contributed by atoms with van der Waals surface area (Å²) in [5.41, 5.74) is 0. The third kappa shape index (κ3) is 2.72. The van der Waals surface area contributed by atoms with Gasteiger partial charge in [-0.05, 0) is 25.7 Å². The Morgan fingerprint density at radius 3 is 2.62 bits per heavy atom. The topological polar surface area (TPSA) is 58.6 Å². The van der Waals surface area contributed by atoms with Crippen LogP contribution in [0.25, 0.3) is 0 Å². The molecule has 2 rings (SSSR count). The largest absolute Gasteiger partial charge is 0.376 e. The van der Waals surface area contributed by atoms with E-state index in [1.807, 2.05) is 0 Å². The van der Waals surface area contributed by atoms with Crippen molar-refractivity contribution in [2.75, 3.05) is 26.2 Å². The molecule has 2 aliphatic rings. The van der Waals surface area contributed by atoms with E-state index in [2.05, 4.69) is 5.32 Å². The molecule has 2 heterocycles. The Morgan fingerprint density at radius 2 is 2.00 bits per heavy atom. The predicted molar refractivity (Wildman–Crippen MR) is 57.8 cm³/mol. The van der Waals surface area contributed by atoms with Crippen LogP contribution in [0, 0.1) is 0 Å². The van der Waals surface area contributed by atoms with E-state index in [1.165, 1.54) is 0 Å². The van der Waals surface area contributed by atoms with Crippen molar-refractivity contribution in [3.8, 4) is 0 Å². The first-order valence-electron chi connectivity index (χ1n) is 5.96. The first kappa shape index (κ1) is 11.4. The monoisotopic (exact) mass is 226 g/mol. The molecule has 2 saturated heterocycles. The summed E-state index contributed by atoms with van der Waals surface area (Å²) in [5, 5.41) is 2.65. The van der Waals surface area contributed by atoms with Crippen LogP contribution in [0.3, 0.4) is 0 Å². The lowest BCUT2D eigenvalue weighted by Gasteiger charge is -2.15. The van der Waals surface area contributed by atoms with Crippen LogP contribution in [0.1, 0.15) is 25.7 Å². The first-order chi connectivity index (χ1) is 7.77. The fraction of sp³-hybridized carbons (Fsp3) is 0.818. The van der Waals surface area contributed by atoms with E-state index < -0.39 is 11.8 Å². The summed E-state index contributed by atoms with van der Waals surface area (Å²) in [6.45, 7) is 2.65. The molecular weight excluding hydrogens is 208 g/mol. The maximum absolute atomic E-state index is 11.6. The van der Waals surface area contributed by atoms with Crippen molar-refractivity contribution in [1.29, 1.82) is 0 Å². The van der Waals surface area contributed by atoms with E-state index in [-0.39, 0.29) is 6.10 Å². The number of nitrogens with one attached hydrogen (secondary N) is 1. The summed E-state index contributed by atoms with van der Waals surface area (Å²) in [5.74, 6) is -0.882. The van der Waals surface area contributed by atoms with Crippen LogP contribution >= 0.6 is 0 Å².